The average Bonchev–Trinajstić information content (AvgIpc) is 3.11. The molecule has 5 nitrogen and oxygen atoms in total. The van der Waals surface area contributed by atoms with E-state index in [9.17, 15) is 0 Å². The van der Waals surface area contributed by atoms with Crippen LogP contribution in [0, 0.1) is 0 Å². The fourth-order valence-corrected chi connectivity index (χ4v) is 5.11. The Balaban J connectivity index is 1.22. The molecule has 5 rings (SSSR count). The fourth-order valence-electron chi connectivity index (χ4n) is 4.00. The summed E-state index contributed by atoms with van der Waals surface area (Å²) < 4.78 is 1.31. The average molecular weight is 424 g/mol. The Morgan fingerprint density at radius 2 is 1.72 bits per heavy atom. The van der Waals surface area contributed by atoms with Crippen molar-refractivity contribution < 1.29 is 0 Å². The number of aromatic nitrogens is 2. The largest absolute Gasteiger partial charge is 0.383 e. The Hall–Kier alpha value is -2.25. The van der Waals surface area contributed by atoms with Crippen molar-refractivity contribution in [3.8, 4) is 0 Å². The van der Waals surface area contributed by atoms with E-state index in [1.807, 2.05) is 12.1 Å². The van der Waals surface area contributed by atoms with Crippen LogP contribution < -0.4 is 5.73 Å². The summed E-state index contributed by atoms with van der Waals surface area (Å²) in [7, 11) is 0. The number of nitrogens with zero attached hydrogens (tertiary/aromatic N) is 4. The number of thiophene rings is 1. The fraction of sp³-hybridized carbons (Fsp3) is 0.273. The highest BCUT2D eigenvalue weighted by Crippen LogP contribution is 2.29. The standard InChI is InChI=1S/C22H22ClN5S/c23-17-2-4-21-19(10-17)16(13-29-21)12-28-7-5-27(6-8-28)11-15-1-3-18-20(9-15)25-14-26-22(18)24/h1-4,9-10,13-14H,5-8,11-12H2,(H2,24,25,26). The van der Waals surface area contributed by atoms with Gasteiger partial charge in [-0.3, -0.25) is 9.80 Å². The van der Waals surface area contributed by atoms with Crippen LogP contribution in [0.5, 0.6) is 0 Å². The molecule has 0 saturated carbocycles. The normalized spacial score (nSPS) is 16.0. The first kappa shape index (κ1) is 18.8. The van der Waals surface area contributed by atoms with E-state index >= 15 is 0 Å². The van der Waals surface area contributed by atoms with Crippen LogP contribution in [-0.2, 0) is 13.1 Å². The summed E-state index contributed by atoms with van der Waals surface area (Å²) in [5.74, 6) is 0.539. The summed E-state index contributed by atoms with van der Waals surface area (Å²) in [4.78, 5) is 13.5. The van der Waals surface area contributed by atoms with E-state index in [1.165, 1.54) is 27.5 Å². The number of hydrogen-bond donors (Lipinski definition) is 1. The molecule has 0 unspecified atom stereocenters. The van der Waals surface area contributed by atoms with Crippen molar-refractivity contribution in [1.82, 2.24) is 19.8 Å². The van der Waals surface area contributed by atoms with Gasteiger partial charge in [-0.25, -0.2) is 9.97 Å². The van der Waals surface area contributed by atoms with Gasteiger partial charge in [-0.15, -0.1) is 11.3 Å². The number of nitrogen functional groups attached to an aromatic ring is 1. The van der Waals surface area contributed by atoms with Gasteiger partial charge in [0.1, 0.15) is 12.1 Å². The van der Waals surface area contributed by atoms with Crippen molar-refractivity contribution in [1.29, 1.82) is 0 Å². The molecular weight excluding hydrogens is 402 g/mol. The molecule has 0 aliphatic carbocycles. The third kappa shape index (κ3) is 3.94. The van der Waals surface area contributed by atoms with Gasteiger partial charge in [-0.2, -0.15) is 0 Å². The number of piperazine rings is 1. The monoisotopic (exact) mass is 423 g/mol. The van der Waals surface area contributed by atoms with Gasteiger partial charge in [0.15, 0.2) is 0 Å². The van der Waals surface area contributed by atoms with E-state index in [-0.39, 0.29) is 0 Å². The molecule has 4 aromatic rings. The molecule has 2 aromatic heterocycles. The summed E-state index contributed by atoms with van der Waals surface area (Å²) in [6.07, 6.45) is 1.53. The van der Waals surface area contributed by atoms with Gasteiger partial charge in [-0.05, 0) is 52.2 Å². The second-order valence-electron chi connectivity index (χ2n) is 7.56. The number of anilines is 1. The quantitative estimate of drug-likeness (QED) is 0.527. The van der Waals surface area contributed by atoms with Gasteiger partial charge in [0.05, 0.1) is 5.52 Å². The van der Waals surface area contributed by atoms with Crippen LogP contribution >= 0.6 is 22.9 Å². The van der Waals surface area contributed by atoms with Gasteiger partial charge < -0.3 is 5.73 Å². The molecular formula is C22H22ClN5S. The second kappa shape index (κ2) is 7.88. The molecule has 148 valence electrons. The molecule has 1 aliphatic heterocycles. The van der Waals surface area contributed by atoms with Crippen molar-refractivity contribution in [2.45, 2.75) is 13.1 Å². The van der Waals surface area contributed by atoms with E-state index in [4.69, 9.17) is 17.3 Å². The predicted octanol–water partition coefficient (Wildman–Crippen LogP) is 4.40. The molecule has 0 atom stereocenters. The minimum Gasteiger partial charge on any atom is -0.383 e. The summed E-state index contributed by atoms with van der Waals surface area (Å²) in [6.45, 7) is 6.19. The molecule has 0 bridgehead atoms. The SMILES string of the molecule is Nc1ncnc2cc(CN3CCN(Cc4csc5ccc(Cl)cc45)CC3)ccc12. The predicted molar refractivity (Wildman–Crippen MR) is 121 cm³/mol. The Bertz CT molecular complexity index is 1170. The van der Waals surface area contributed by atoms with E-state index in [2.05, 4.69) is 49.4 Å². The second-order valence-corrected chi connectivity index (χ2v) is 8.91. The Morgan fingerprint density at radius 1 is 0.931 bits per heavy atom. The highest BCUT2D eigenvalue weighted by atomic mass is 35.5. The van der Waals surface area contributed by atoms with Gasteiger partial charge >= 0.3 is 0 Å². The van der Waals surface area contributed by atoms with Crippen LogP contribution in [0.2, 0.25) is 5.02 Å². The lowest BCUT2D eigenvalue weighted by Gasteiger charge is -2.34. The van der Waals surface area contributed by atoms with Gasteiger partial charge in [0.2, 0.25) is 0 Å². The number of hydrogen-bond acceptors (Lipinski definition) is 6. The first-order chi connectivity index (χ1) is 14.2. The molecule has 1 aliphatic rings. The number of rotatable bonds is 4. The molecule has 2 N–H and O–H groups in total. The molecule has 7 heteroatoms. The minimum atomic E-state index is 0.539. The zero-order chi connectivity index (χ0) is 19.8. The lowest BCUT2D eigenvalue weighted by atomic mass is 10.1. The first-order valence-electron chi connectivity index (χ1n) is 9.75. The summed E-state index contributed by atoms with van der Waals surface area (Å²) >= 11 is 8.00. The Kier molecular flexibility index (Phi) is 5.09. The van der Waals surface area contributed by atoms with E-state index in [0.717, 1.165) is 55.2 Å². The first-order valence-corrected chi connectivity index (χ1v) is 11.0. The van der Waals surface area contributed by atoms with Crippen molar-refractivity contribution in [3.05, 3.63) is 64.3 Å². The topological polar surface area (TPSA) is 58.3 Å². The highest BCUT2D eigenvalue weighted by Gasteiger charge is 2.18. The number of benzene rings is 2. The van der Waals surface area contributed by atoms with E-state index in [0.29, 0.717) is 5.82 Å². The maximum Gasteiger partial charge on any atom is 0.134 e. The van der Waals surface area contributed by atoms with E-state index < -0.39 is 0 Å². The minimum absolute atomic E-state index is 0.539. The maximum atomic E-state index is 6.20. The Labute approximate surface area is 178 Å². The van der Waals surface area contributed by atoms with Gasteiger partial charge in [-0.1, -0.05) is 17.7 Å². The van der Waals surface area contributed by atoms with E-state index in [1.54, 1.807) is 11.3 Å². The summed E-state index contributed by atoms with van der Waals surface area (Å²) in [6, 6.07) is 12.5. The number of halogens is 1. The van der Waals surface area contributed by atoms with Crippen LogP contribution in [0.3, 0.4) is 0 Å². The van der Waals surface area contributed by atoms with Gasteiger partial charge in [0.25, 0.3) is 0 Å². The van der Waals surface area contributed by atoms with Crippen molar-refractivity contribution >= 4 is 49.7 Å². The Morgan fingerprint density at radius 3 is 2.55 bits per heavy atom. The maximum absolute atomic E-state index is 6.20. The zero-order valence-corrected chi connectivity index (χ0v) is 17.6. The number of nitrogens with two attached hydrogens (primary N) is 1. The number of fused-ring (bicyclic) bond motifs is 2. The van der Waals surface area contributed by atoms with Crippen LogP contribution in [0.15, 0.2) is 48.1 Å². The molecule has 29 heavy (non-hydrogen) atoms. The molecule has 0 radical (unpaired) electrons. The van der Waals surface area contributed by atoms with Crippen molar-refractivity contribution in [2.24, 2.45) is 0 Å². The molecule has 1 saturated heterocycles. The summed E-state index contributed by atoms with van der Waals surface area (Å²) in [5, 5.41) is 5.30. The third-order valence-corrected chi connectivity index (χ3v) is 6.86. The molecule has 2 aromatic carbocycles. The van der Waals surface area contributed by atoms with Crippen LogP contribution in [0.25, 0.3) is 21.0 Å². The molecule has 3 heterocycles. The van der Waals surface area contributed by atoms with Crippen LogP contribution in [0.4, 0.5) is 5.82 Å². The van der Waals surface area contributed by atoms with Gasteiger partial charge in [0, 0.05) is 54.4 Å². The highest BCUT2D eigenvalue weighted by molar-refractivity contribution is 7.17. The molecule has 0 spiro atoms. The zero-order valence-electron chi connectivity index (χ0n) is 16.0. The van der Waals surface area contributed by atoms with Crippen LogP contribution in [0.1, 0.15) is 11.1 Å². The summed E-state index contributed by atoms with van der Waals surface area (Å²) in [5.41, 5.74) is 9.49. The smallest absolute Gasteiger partial charge is 0.134 e. The van der Waals surface area contributed by atoms with Crippen LogP contribution in [-0.4, -0.2) is 45.9 Å². The molecule has 0 amide bonds. The van der Waals surface area contributed by atoms with Crippen molar-refractivity contribution in [2.75, 3.05) is 31.9 Å². The lowest BCUT2D eigenvalue weighted by Crippen LogP contribution is -2.45. The lowest BCUT2D eigenvalue weighted by molar-refractivity contribution is 0.122. The van der Waals surface area contributed by atoms with Crippen molar-refractivity contribution in [3.63, 3.8) is 0 Å². The third-order valence-electron chi connectivity index (χ3n) is 5.61. The molecule has 1 fully saturated rings.